The molecule has 25 heavy (non-hydrogen) atoms. The normalized spacial score (nSPS) is 10.2. The van der Waals surface area contributed by atoms with Crippen molar-refractivity contribution in [3.63, 3.8) is 0 Å². The van der Waals surface area contributed by atoms with Crippen molar-refractivity contribution in [3.05, 3.63) is 35.5 Å². The highest BCUT2D eigenvalue weighted by Crippen LogP contribution is 2.26. The third-order valence-electron chi connectivity index (χ3n) is 3.10. The third kappa shape index (κ3) is 4.72. The van der Waals surface area contributed by atoms with E-state index in [9.17, 15) is 9.59 Å². The van der Waals surface area contributed by atoms with Crippen LogP contribution in [0, 0.1) is 6.92 Å². The number of aromatic nitrogens is 1. The fourth-order valence-electron chi connectivity index (χ4n) is 2.05. The van der Waals surface area contributed by atoms with E-state index in [4.69, 9.17) is 18.7 Å². The lowest BCUT2D eigenvalue weighted by Gasteiger charge is -2.11. The molecule has 1 amide bonds. The number of carbonyl (C=O) groups is 2. The molecule has 1 N–H and O–H groups in total. The maximum absolute atomic E-state index is 12.1. The molecule has 2 rings (SSSR count). The Bertz CT molecular complexity index is 740. The summed E-state index contributed by atoms with van der Waals surface area (Å²) < 4.78 is 20.8. The lowest BCUT2D eigenvalue weighted by molar-refractivity contribution is -0.118. The summed E-state index contributed by atoms with van der Waals surface area (Å²) in [7, 11) is 0. The molecule has 0 saturated heterocycles. The summed E-state index contributed by atoms with van der Waals surface area (Å²) in [6.07, 6.45) is 0. The lowest BCUT2D eigenvalue weighted by atomic mass is 10.2. The first-order valence-corrected chi connectivity index (χ1v) is 7.84. The number of para-hydroxylation sites is 2. The highest BCUT2D eigenvalue weighted by atomic mass is 16.5. The molecule has 0 aliphatic carbocycles. The summed E-state index contributed by atoms with van der Waals surface area (Å²) >= 11 is 0. The molecule has 0 atom stereocenters. The number of nitrogens with one attached hydrogen (secondary N) is 1. The molecule has 2 aromatic rings. The molecule has 0 spiro atoms. The van der Waals surface area contributed by atoms with Gasteiger partial charge in [-0.1, -0.05) is 17.3 Å². The van der Waals surface area contributed by atoms with Crippen molar-refractivity contribution in [2.75, 3.05) is 25.1 Å². The van der Waals surface area contributed by atoms with E-state index in [1.807, 2.05) is 6.92 Å². The summed E-state index contributed by atoms with van der Waals surface area (Å²) in [5, 5.41) is 6.14. The molecule has 0 radical (unpaired) electrons. The van der Waals surface area contributed by atoms with Gasteiger partial charge in [-0.05, 0) is 32.9 Å². The summed E-state index contributed by atoms with van der Waals surface area (Å²) in [5.41, 5.74) is 0.418. The van der Waals surface area contributed by atoms with E-state index >= 15 is 0 Å². The maximum Gasteiger partial charge on any atom is 0.345 e. The van der Waals surface area contributed by atoms with Gasteiger partial charge in [-0.25, -0.2) is 4.79 Å². The van der Waals surface area contributed by atoms with Crippen LogP contribution >= 0.6 is 0 Å². The summed E-state index contributed by atoms with van der Waals surface area (Å²) in [4.78, 5) is 24.0. The number of nitrogens with zero attached hydrogens (tertiary/aromatic N) is 1. The van der Waals surface area contributed by atoms with Crippen LogP contribution in [0.15, 0.2) is 28.8 Å². The SMILES string of the molecule is CCOC(=O)c1c(C)noc1NC(=O)COc1ccccc1OCC. The van der Waals surface area contributed by atoms with Crippen LogP contribution < -0.4 is 14.8 Å². The largest absolute Gasteiger partial charge is 0.490 e. The third-order valence-corrected chi connectivity index (χ3v) is 3.10. The van der Waals surface area contributed by atoms with Gasteiger partial charge >= 0.3 is 5.97 Å². The Balaban J connectivity index is 2.01. The van der Waals surface area contributed by atoms with Gasteiger partial charge < -0.3 is 18.7 Å². The maximum atomic E-state index is 12.1. The number of esters is 1. The van der Waals surface area contributed by atoms with Gasteiger partial charge in [0.25, 0.3) is 5.91 Å². The number of ether oxygens (including phenoxy) is 3. The van der Waals surface area contributed by atoms with Gasteiger partial charge in [0, 0.05) is 0 Å². The fourth-order valence-corrected chi connectivity index (χ4v) is 2.05. The Morgan fingerprint density at radius 2 is 1.80 bits per heavy atom. The second-order valence-electron chi connectivity index (χ2n) is 4.91. The van der Waals surface area contributed by atoms with Crippen molar-refractivity contribution in [2.24, 2.45) is 0 Å². The first-order chi connectivity index (χ1) is 12.1. The van der Waals surface area contributed by atoms with Gasteiger partial charge in [-0.15, -0.1) is 0 Å². The predicted molar refractivity (Wildman–Crippen MR) is 88.9 cm³/mol. The zero-order chi connectivity index (χ0) is 18.2. The number of anilines is 1. The monoisotopic (exact) mass is 348 g/mol. The Hall–Kier alpha value is -3.03. The van der Waals surface area contributed by atoms with Gasteiger partial charge in [-0.3, -0.25) is 10.1 Å². The summed E-state index contributed by atoms with van der Waals surface area (Å²) in [6.45, 7) is 5.52. The van der Waals surface area contributed by atoms with E-state index in [0.717, 1.165) is 0 Å². The van der Waals surface area contributed by atoms with Gasteiger partial charge in [0.1, 0.15) is 5.56 Å². The number of hydrogen-bond acceptors (Lipinski definition) is 7. The molecule has 1 heterocycles. The van der Waals surface area contributed by atoms with Gasteiger partial charge in [0.2, 0.25) is 5.88 Å². The summed E-state index contributed by atoms with van der Waals surface area (Å²) in [6, 6.07) is 7.02. The molecule has 1 aromatic carbocycles. The molecule has 1 aromatic heterocycles. The molecule has 0 saturated carbocycles. The molecule has 134 valence electrons. The van der Waals surface area contributed by atoms with Crippen molar-refractivity contribution in [1.29, 1.82) is 0 Å². The van der Waals surface area contributed by atoms with Gasteiger partial charge in [0.05, 0.1) is 18.9 Å². The Kier molecular flexibility index (Phi) is 6.39. The van der Waals surface area contributed by atoms with E-state index < -0.39 is 11.9 Å². The van der Waals surface area contributed by atoms with Crippen LogP contribution in [0.5, 0.6) is 11.5 Å². The minimum absolute atomic E-state index is 0.0670. The minimum atomic E-state index is -0.612. The number of carbonyl (C=O) groups excluding carboxylic acids is 2. The highest BCUT2D eigenvalue weighted by Gasteiger charge is 2.23. The molecule has 8 nitrogen and oxygen atoms in total. The first-order valence-electron chi connectivity index (χ1n) is 7.84. The highest BCUT2D eigenvalue weighted by molar-refractivity contribution is 6.00. The molecule has 0 unspecified atom stereocenters. The number of aryl methyl sites for hydroxylation is 1. The summed E-state index contributed by atoms with van der Waals surface area (Å²) in [5.74, 6) is -0.200. The number of amides is 1. The van der Waals surface area contributed by atoms with Crippen molar-refractivity contribution >= 4 is 17.8 Å². The zero-order valence-corrected chi connectivity index (χ0v) is 14.3. The average Bonchev–Trinajstić information content (AvgIpc) is 2.95. The van der Waals surface area contributed by atoms with E-state index in [2.05, 4.69) is 10.5 Å². The van der Waals surface area contributed by atoms with Crippen LogP contribution in [-0.2, 0) is 9.53 Å². The minimum Gasteiger partial charge on any atom is -0.490 e. The predicted octanol–water partition coefficient (Wildman–Crippen LogP) is 2.58. The standard InChI is InChI=1S/C17H20N2O6/c1-4-22-12-8-6-7-9-13(12)24-10-14(20)18-16-15(11(3)19-25-16)17(21)23-5-2/h6-9H,4-5,10H2,1-3H3,(H,18,20). The molecule has 8 heteroatoms. The first kappa shape index (κ1) is 18.3. The van der Waals surface area contributed by atoms with Crippen LogP contribution in [0.4, 0.5) is 5.88 Å². The van der Waals surface area contributed by atoms with Gasteiger partial charge in [-0.2, -0.15) is 0 Å². The number of hydrogen-bond donors (Lipinski definition) is 1. The Morgan fingerprint density at radius 1 is 1.12 bits per heavy atom. The fraction of sp³-hybridized carbons (Fsp3) is 0.353. The van der Waals surface area contributed by atoms with Crippen molar-refractivity contribution in [3.8, 4) is 11.5 Å². The van der Waals surface area contributed by atoms with Crippen LogP contribution in [0.25, 0.3) is 0 Å². The van der Waals surface area contributed by atoms with E-state index in [1.54, 1.807) is 38.1 Å². The van der Waals surface area contributed by atoms with Crippen LogP contribution in [0.1, 0.15) is 29.9 Å². The molecule has 0 aliphatic rings. The quantitative estimate of drug-likeness (QED) is 0.732. The molecule has 0 aliphatic heterocycles. The van der Waals surface area contributed by atoms with Crippen molar-refractivity contribution in [2.45, 2.75) is 20.8 Å². The molecule has 0 fully saturated rings. The second kappa shape index (κ2) is 8.72. The lowest BCUT2D eigenvalue weighted by Crippen LogP contribution is -2.21. The van der Waals surface area contributed by atoms with Crippen molar-refractivity contribution < 1.29 is 28.3 Å². The molecule has 0 bridgehead atoms. The molecular weight excluding hydrogens is 328 g/mol. The smallest absolute Gasteiger partial charge is 0.345 e. The van der Waals surface area contributed by atoms with Crippen LogP contribution in [0.3, 0.4) is 0 Å². The zero-order valence-electron chi connectivity index (χ0n) is 14.3. The Morgan fingerprint density at radius 3 is 2.44 bits per heavy atom. The molecular formula is C17H20N2O6. The van der Waals surface area contributed by atoms with E-state index in [0.29, 0.717) is 23.8 Å². The van der Waals surface area contributed by atoms with Crippen molar-refractivity contribution in [1.82, 2.24) is 5.16 Å². The number of rotatable bonds is 8. The Labute approximate surface area is 145 Å². The van der Waals surface area contributed by atoms with E-state index in [-0.39, 0.29) is 24.7 Å². The topological polar surface area (TPSA) is 99.9 Å². The van der Waals surface area contributed by atoms with Gasteiger partial charge in [0.15, 0.2) is 18.1 Å². The average molecular weight is 348 g/mol. The van der Waals surface area contributed by atoms with E-state index in [1.165, 1.54) is 0 Å². The number of benzene rings is 1. The van der Waals surface area contributed by atoms with Crippen LogP contribution in [0.2, 0.25) is 0 Å². The second-order valence-corrected chi connectivity index (χ2v) is 4.91. The van der Waals surface area contributed by atoms with Crippen LogP contribution in [-0.4, -0.2) is 36.9 Å².